The highest BCUT2D eigenvalue weighted by Crippen LogP contribution is 2.25. The van der Waals surface area contributed by atoms with E-state index in [1.807, 2.05) is 48.5 Å². The Hall–Kier alpha value is -1.68. The van der Waals surface area contributed by atoms with E-state index in [-0.39, 0.29) is 12.2 Å². The van der Waals surface area contributed by atoms with Gasteiger partial charge in [-0.1, -0.05) is 60.7 Å². The number of aliphatic hydroxyl groups is 1. The van der Waals surface area contributed by atoms with Crippen LogP contribution in [0.3, 0.4) is 0 Å². The summed E-state index contributed by atoms with van der Waals surface area (Å²) in [5, 5.41) is 9.99. The van der Waals surface area contributed by atoms with Crippen molar-refractivity contribution in [1.29, 1.82) is 0 Å². The zero-order valence-corrected chi connectivity index (χ0v) is 12.6. The van der Waals surface area contributed by atoms with E-state index in [9.17, 15) is 5.11 Å². The van der Waals surface area contributed by atoms with Crippen LogP contribution in [0, 0.1) is 0 Å². The van der Waals surface area contributed by atoms with Crippen molar-refractivity contribution in [3.8, 4) is 0 Å². The van der Waals surface area contributed by atoms with Gasteiger partial charge in [0.15, 0.2) is 6.29 Å². The van der Waals surface area contributed by atoms with Gasteiger partial charge in [0.25, 0.3) is 0 Å². The molecule has 1 saturated heterocycles. The molecule has 0 aromatic heterocycles. The monoisotopic (exact) mass is 298 g/mol. The lowest BCUT2D eigenvalue weighted by Gasteiger charge is -2.13. The molecule has 1 aliphatic heterocycles. The van der Waals surface area contributed by atoms with Crippen LogP contribution in [-0.4, -0.2) is 23.6 Å². The molecule has 3 nitrogen and oxygen atoms in total. The number of hydrogen-bond donors (Lipinski definition) is 1. The van der Waals surface area contributed by atoms with Crippen LogP contribution in [-0.2, 0) is 22.5 Å². The topological polar surface area (TPSA) is 38.7 Å². The van der Waals surface area contributed by atoms with Gasteiger partial charge in [-0.15, -0.1) is 0 Å². The zero-order chi connectivity index (χ0) is 15.2. The van der Waals surface area contributed by atoms with Crippen LogP contribution in [0.15, 0.2) is 60.7 Å². The summed E-state index contributed by atoms with van der Waals surface area (Å²) >= 11 is 0. The summed E-state index contributed by atoms with van der Waals surface area (Å²) in [7, 11) is 0. The van der Waals surface area contributed by atoms with E-state index in [2.05, 4.69) is 12.1 Å². The molecule has 1 unspecified atom stereocenters. The van der Waals surface area contributed by atoms with Gasteiger partial charge in [-0.25, -0.2) is 0 Å². The molecule has 3 rings (SSSR count). The van der Waals surface area contributed by atoms with Crippen molar-refractivity contribution in [3.63, 3.8) is 0 Å². The summed E-state index contributed by atoms with van der Waals surface area (Å²) in [5.74, 6) is 0. The van der Waals surface area contributed by atoms with Crippen molar-refractivity contribution in [3.05, 3.63) is 71.8 Å². The summed E-state index contributed by atoms with van der Waals surface area (Å²) < 4.78 is 11.4. The first-order valence-corrected chi connectivity index (χ1v) is 7.84. The van der Waals surface area contributed by atoms with Gasteiger partial charge >= 0.3 is 0 Å². The van der Waals surface area contributed by atoms with Crippen LogP contribution < -0.4 is 0 Å². The fourth-order valence-corrected chi connectivity index (χ4v) is 2.80. The molecule has 0 radical (unpaired) electrons. The number of aryl methyl sites for hydroxylation is 1. The third kappa shape index (κ3) is 4.17. The summed E-state index contributed by atoms with van der Waals surface area (Å²) in [5.41, 5.74) is 2.41. The fraction of sp³-hybridized carbons (Fsp3) is 0.368. The Morgan fingerprint density at radius 3 is 2.27 bits per heavy atom. The zero-order valence-electron chi connectivity index (χ0n) is 12.6. The normalized spacial score (nSPS) is 24.5. The first kappa shape index (κ1) is 15.2. The van der Waals surface area contributed by atoms with Crippen LogP contribution in [0.2, 0.25) is 0 Å². The van der Waals surface area contributed by atoms with E-state index in [0.717, 1.165) is 24.8 Å². The van der Waals surface area contributed by atoms with Gasteiger partial charge in [0.05, 0.1) is 12.7 Å². The van der Waals surface area contributed by atoms with E-state index in [0.29, 0.717) is 6.61 Å². The second-order valence-corrected chi connectivity index (χ2v) is 5.74. The standard InChI is InChI=1S/C19H22O3/c20-19-18(21-14-16-9-5-2-6-10-16)13-17(22-19)12-11-15-7-3-1-4-8-15/h1-10,17-20H,11-14H2/t17-,18+,19?/m0/s1. The first-order chi connectivity index (χ1) is 10.8. The molecule has 22 heavy (non-hydrogen) atoms. The summed E-state index contributed by atoms with van der Waals surface area (Å²) in [6.07, 6.45) is 1.64. The Labute approximate surface area is 131 Å². The predicted octanol–water partition coefficient (Wildman–Crippen LogP) is 3.31. The van der Waals surface area contributed by atoms with Crippen molar-refractivity contribution in [2.24, 2.45) is 0 Å². The molecule has 0 bridgehead atoms. The quantitative estimate of drug-likeness (QED) is 0.889. The fourth-order valence-electron chi connectivity index (χ4n) is 2.80. The number of rotatable bonds is 6. The Kier molecular flexibility index (Phi) is 5.22. The molecule has 2 aromatic rings. The molecular weight excluding hydrogens is 276 g/mol. The summed E-state index contributed by atoms with van der Waals surface area (Å²) in [4.78, 5) is 0. The van der Waals surface area contributed by atoms with E-state index >= 15 is 0 Å². The van der Waals surface area contributed by atoms with E-state index < -0.39 is 6.29 Å². The van der Waals surface area contributed by atoms with Crippen LogP contribution in [0.5, 0.6) is 0 Å². The molecule has 3 atom stereocenters. The third-order valence-electron chi connectivity index (χ3n) is 4.05. The Morgan fingerprint density at radius 1 is 0.955 bits per heavy atom. The molecule has 0 amide bonds. The number of hydrogen-bond acceptors (Lipinski definition) is 3. The highest BCUT2D eigenvalue weighted by molar-refractivity contribution is 5.15. The maximum Gasteiger partial charge on any atom is 0.181 e. The molecule has 2 aromatic carbocycles. The Morgan fingerprint density at radius 2 is 1.59 bits per heavy atom. The van der Waals surface area contributed by atoms with Crippen molar-refractivity contribution in [2.75, 3.05) is 0 Å². The smallest absolute Gasteiger partial charge is 0.181 e. The molecule has 0 saturated carbocycles. The van der Waals surface area contributed by atoms with Gasteiger partial charge in [-0.2, -0.15) is 0 Å². The molecule has 0 aliphatic carbocycles. The van der Waals surface area contributed by atoms with Crippen LogP contribution in [0.1, 0.15) is 24.0 Å². The largest absolute Gasteiger partial charge is 0.368 e. The molecular formula is C19H22O3. The molecule has 0 spiro atoms. The SMILES string of the molecule is OC1O[C@@H](CCc2ccccc2)C[C@H]1OCc1ccccc1. The lowest BCUT2D eigenvalue weighted by Crippen LogP contribution is -2.23. The average molecular weight is 298 g/mol. The van der Waals surface area contributed by atoms with Crippen LogP contribution in [0.25, 0.3) is 0 Å². The number of ether oxygens (including phenoxy) is 2. The molecule has 1 N–H and O–H groups in total. The lowest BCUT2D eigenvalue weighted by molar-refractivity contribution is -0.145. The van der Waals surface area contributed by atoms with Gasteiger partial charge in [0, 0.05) is 6.42 Å². The van der Waals surface area contributed by atoms with Crippen molar-refractivity contribution < 1.29 is 14.6 Å². The highest BCUT2D eigenvalue weighted by Gasteiger charge is 2.34. The minimum Gasteiger partial charge on any atom is -0.368 e. The summed E-state index contributed by atoms with van der Waals surface area (Å²) in [6, 6.07) is 20.4. The highest BCUT2D eigenvalue weighted by atomic mass is 16.6. The van der Waals surface area contributed by atoms with Gasteiger partial charge in [0.2, 0.25) is 0 Å². The predicted molar refractivity (Wildman–Crippen MR) is 85.3 cm³/mol. The maximum atomic E-state index is 9.99. The Bertz CT molecular complexity index is 555. The molecule has 116 valence electrons. The van der Waals surface area contributed by atoms with Crippen molar-refractivity contribution >= 4 is 0 Å². The maximum absolute atomic E-state index is 9.99. The lowest BCUT2D eigenvalue weighted by atomic mass is 10.0. The minimum absolute atomic E-state index is 0.0657. The van der Waals surface area contributed by atoms with E-state index in [1.54, 1.807) is 0 Å². The van der Waals surface area contributed by atoms with Crippen molar-refractivity contribution in [1.82, 2.24) is 0 Å². The average Bonchev–Trinajstić information content (AvgIpc) is 2.93. The molecule has 1 heterocycles. The van der Waals surface area contributed by atoms with Crippen molar-refractivity contribution in [2.45, 2.75) is 44.4 Å². The number of benzene rings is 2. The second kappa shape index (κ2) is 7.54. The first-order valence-electron chi connectivity index (χ1n) is 7.84. The Balaban J connectivity index is 1.45. The second-order valence-electron chi connectivity index (χ2n) is 5.74. The third-order valence-corrected chi connectivity index (χ3v) is 4.05. The molecule has 1 aliphatic rings. The van der Waals surface area contributed by atoms with Gasteiger partial charge in [-0.3, -0.25) is 0 Å². The summed E-state index contributed by atoms with van der Waals surface area (Å²) in [6.45, 7) is 0.511. The van der Waals surface area contributed by atoms with E-state index in [1.165, 1.54) is 5.56 Å². The van der Waals surface area contributed by atoms with Crippen LogP contribution in [0.4, 0.5) is 0 Å². The van der Waals surface area contributed by atoms with Gasteiger partial charge < -0.3 is 14.6 Å². The van der Waals surface area contributed by atoms with Gasteiger partial charge in [-0.05, 0) is 24.0 Å². The van der Waals surface area contributed by atoms with E-state index in [4.69, 9.17) is 9.47 Å². The van der Waals surface area contributed by atoms with Gasteiger partial charge in [0.1, 0.15) is 6.10 Å². The molecule has 3 heteroatoms. The number of aliphatic hydroxyl groups excluding tert-OH is 1. The molecule has 1 fully saturated rings. The van der Waals surface area contributed by atoms with Crippen LogP contribution >= 0.6 is 0 Å². The minimum atomic E-state index is -0.815.